The van der Waals surface area contributed by atoms with E-state index in [0.29, 0.717) is 23.6 Å². The SMILES string of the molecule is Cc1noc(C)c1Cn1cc(-n2c(O)cn(Cc3ccccc3O)c2=O)cn1. The Balaban J connectivity index is 1.64. The fourth-order valence-corrected chi connectivity index (χ4v) is 3.11. The Hall–Kier alpha value is -3.75. The van der Waals surface area contributed by atoms with Crippen LogP contribution in [0.5, 0.6) is 11.6 Å². The smallest absolute Gasteiger partial charge is 0.336 e. The number of hydrogen-bond acceptors (Lipinski definition) is 6. The van der Waals surface area contributed by atoms with Crippen LogP contribution in [0.25, 0.3) is 5.69 Å². The molecule has 2 N–H and O–H groups in total. The van der Waals surface area contributed by atoms with E-state index in [2.05, 4.69) is 10.3 Å². The number of nitrogens with zero attached hydrogens (tertiary/aromatic N) is 5. The molecule has 0 saturated heterocycles. The molecule has 0 aliphatic heterocycles. The first-order valence-corrected chi connectivity index (χ1v) is 8.66. The lowest BCUT2D eigenvalue weighted by atomic mass is 10.2. The highest BCUT2D eigenvalue weighted by Crippen LogP contribution is 2.20. The molecule has 0 spiro atoms. The average Bonchev–Trinajstić information content (AvgIpc) is 3.32. The summed E-state index contributed by atoms with van der Waals surface area (Å²) in [6, 6.07) is 6.75. The number of aromatic hydroxyl groups is 2. The molecular formula is C19H19N5O4. The summed E-state index contributed by atoms with van der Waals surface area (Å²) in [7, 11) is 0. The Morgan fingerprint density at radius 2 is 1.89 bits per heavy atom. The third kappa shape index (κ3) is 3.07. The summed E-state index contributed by atoms with van der Waals surface area (Å²) in [6.45, 7) is 4.26. The maximum atomic E-state index is 12.8. The van der Waals surface area contributed by atoms with Crippen LogP contribution in [-0.2, 0) is 13.1 Å². The van der Waals surface area contributed by atoms with Crippen molar-refractivity contribution in [3.8, 4) is 17.3 Å². The van der Waals surface area contributed by atoms with Gasteiger partial charge in [-0.3, -0.25) is 9.25 Å². The highest BCUT2D eigenvalue weighted by Gasteiger charge is 2.16. The van der Waals surface area contributed by atoms with E-state index in [-0.39, 0.29) is 18.2 Å². The van der Waals surface area contributed by atoms with Crippen LogP contribution >= 0.6 is 0 Å². The zero-order chi connectivity index (χ0) is 19.8. The van der Waals surface area contributed by atoms with Crippen LogP contribution < -0.4 is 5.69 Å². The minimum atomic E-state index is -0.433. The molecule has 3 heterocycles. The van der Waals surface area contributed by atoms with E-state index in [0.717, 1.165) is 15.8 Å². The third-order valence-electron chi connectivity index (χ3n) is 4.65. The van der Waals surface area contributed by atoms with Crippen molar-refractivity contribution in [2.75, 3.05) is 0 Å². The lowest BCUT2D eigenvalue weighted by Crippen LogP contribution is -2.23. The van der Waals surface area contributed by atoms with Gasteiger partial charge in [0.15, 0.2) is 0 Å². The molecule has 0 amide bonds. The van der Waals surface area contributed by atoms with E-state index in [1.54, 1.807) is 35.1 Å². The van der Waals surface area contributed by atoms with Crippen molar-refractivity contribution < 1.29 is 14.7 Å². The van der Waals surface area contributed by atoms with Crippen LogP contribution in [0.4, 0.5) is 0 Å². The first-order valence-electron chi connectivity index (χ1n) is 8.66. The van der Waals surface area contributed by atoms with E-state index in [1.165, 1.54) is 17.0 Å². The topological polar surface area (TPSA) is 111 Å². The minimum Gasteiger partial charge on any atom is -0.508 e. The van der Waals surface area contributed by atoms with Gasteiger partial charge >= 0.3 is 5.69 Å². The largest absolute Gasteiger partial charge is 0.508 e. The van der Waals surface area contributed by atoms with Gasteiger partial charge < -0.3 is 14.7 Å². The van der Waals surface area contributed by atoms with Gasteiger partial charge in [-0.15, -0.1) is 0 Å². The summed E-state index contributed by atoms with van der Waals surface area (Å²) < 4.78 is 9.30. The van der Waals surface area contributed by atoms with Crippen LogP contribution in [0.2, 0.25) is 0 Å². The Bertz CT molecular complexity index is 1180. The normalized spacial score (nSPS) is 11.2. The van der Waals surface area contributed by atoms with Crippen LogP contribution in [-0.4, -0.2) is 34.3 Å². The molecule has 144 valence electrons. The maximum absolute atomic E-state index is 12.8. The fourth-order valence-electron chi connectivity index (χ4n) is 3.11. The van der Waals surface area contributed by atoms with Crippen LogP contribution in [0.3, 0.4) is 0 Å². The predicted octanol–water partition coefficient (Wildman–Crippen LogP) is 1.95. The van der Waals surface area contributed by atoms with Gasteiger partial charge in [-0.1, -0.05) is 23.4 Å². The van der Waals surface area contributed by atoms with E-state index in [9.17, 15) is 15.0 Å². The molecule has 0 unspecified atom stereocenters. The molecule has 0 atom stereocenters. The van der Waals surface area contributed by atoms with Crippen molar-refractivity contribution in [1.29, 1.82) is 0 Å². The van der Waals surface area contributed by atoms with E-state index >= 15 is 0 Å². The number of phenols is 1. The number of imidazole rings is 1. The monoisotopic (exact) mass is 381 g/mol. The van der Waals surface area contributed by atoms with Gasteiger partial charge in [-0.05, 0) is 19.9 Å². The summed E-state index contributed by atoms with van der Waals surface area (Å²) in [5.74, 6) is 0.592. The maximum Gasteiger partial charge on any atom is 0.336 e. The fraction of sp³-hybridized carbons (Fsp3) is 0.211. The number of rotatable bonds is 5. The Morgan fingerprint density at radius 1 is 1.11 bits per heavy atom. The minimum absolute atomic E-state index is 0.0916. The second-order valence-corrected chi connectivity index (χ2v) is 6.56. The van der Waals surface area contributed by atoms with Crippen LogP contribution in [0.15, 0.2) is 52.2 Å². The predicted molar refractivity (Wildman–Crippen MR) is 99.8 cm³/mol. The zero-order valence-electron chi connectivity index (χ0n) is 15.4. The molecule has 4 aromatic rings. The summed E-state index contributed by atoms with van der Waals surface area (Å²) in [5.41, 5.74) is 2.28. The first-order chi connectivity index (χ1) is 13.4. The lowest BCUT2D eigenvalue weighted by Gasteiger charge is -2.04. The highest BCUT2D eigenvalue weighted by molar-refractivity contribution is 5.34. The number of benzene rings is 1. The van der Waals surface area contributed by atoms with Crippen molar-refractivity contribution in [1.82, 2.24) is 24.1 Å². The van der Waals surface area contributed by atoms with Crippen molar-refractivity contribution in [3.63, 3.8) is 0 Å². The van der Waals surface area contributed by atoms with Crippen molar-refractivity contribution in [2.45, 2.75) is 26.9 Å². The van der Waals surface area contributed by atoms with Crippen molar-refractivity contribution in [3.05, 3.63) is 75.9 Å². The quantitative estimate of drug-likeness (QED) is 0.547. The van der Waals surface area contributed by atoms with Gasteiger partial charge in [-0.25, -0.2) is 9.36 Å². The van der Waals surface area contributed by atoms with Gasteiger partial charge in [0.05, 0.1) is 36.9 Å². The molecule has 0 fully saturated rings. The number of hydrogen-bond donors (Lipinski definition) is 2. The number of aromatic nitrogens is 5. The molecule has 4 rings (SSSR count). The summed E-state index contributed by atoms with van der Waals surface area (Å²) in [6.07, 6.45) is 4.50. The van der Waals surface area contributed by atoms with E-state index in [1.807, 2.05) is 13.8 Å². The van der Waals surface area contributed by atoms with Gasteiger partial charge in [-0.2, -0.15) is 5.10 Å². The summed E-state index contributed by atoms with van der Waals surface area (Å²) in [5, 5.41) is 28.4. The third-order valence-corrected chi connectivity index (χ3v) is 4.65. The van der Waals surface area contributed by atoms with Gasteiger partial charge in [0.2, 0.25) is 5.88 Å². The number of aryl methyl sites for hydroxylation is 2. The Morgan fingerprint density at radius 3 is 2.61 bits per heavy atom. The standard InChI is InChI=1S/C19H19N5O4/c1-12-16(13(2)28-21-12)10-23-9-15(7-20-23)24-18(26)11-22(19(24)27)8-14-5-3-4-6-17(14)25/h3-7,9,11,25-26H,8,10H2,1-2H3. The summed E-state index contributed by atoms with van der Waals surface area (Å²) in [4.78, 5) is 12.8. The molecule has 0 radical (unpaired) electrons. The molecule has 9 heteroatoms. The second-order valence-electron chi connectivity index (χ2n) is 6.56. The molecule has 0 bridgehead atoms. The van der Waals surface area contributed by atoms with Crippen LogP contribution in [0.1, 0.15) is 22.6 Å². The van der Waals surface area contributed by atoms with Crippen LogP contribution in [0, 0.1) is 13.8 Å². The number of phenolic OH excluding ortho intramolecular Hbond substituents is 1. The van der Waals surface area contributed by atoms with Crippen molar-refractivity contribution in [2.24, 2.45) is 0 Å². The molecule has 0 aliphatic rings. The Kier molecular flexibility index (Phi) is 4.26. The number of para-hydroxylation sites is 1. The molecule has 1 aromatic carbocycles. The van der Waals surface area contributed by atoms with Gasteiger partial charge in [0.25, 0.3) is 0 Å². The molecule has 28 heavy (non-hydrogen) atoms. The lowest BCUT2D eigenvalue weighted by molar-refractivity contribution is 0.391. The second kappa shape index (κ2) is 6.76. The van der Waals surface area contributed by atoms with E-state index in [4.69, 9.17) is 4.52 Å². The average molecular weight is 381 g/mol. The first kappa shape index (κ1) is 17.7. The summed E-state index contributed by atoms with van der Waals surface area (Å²) >= 11 is 0. The molecule has 3 aromatic heterocycles. The Labute approximate surface area is 159 Å². The zero-order valence-corrected chi connectivity index (χ0v) is 15.4. The highest BCUT2D eigenvalue weighted by atomic mass is 16.5. The molecular weight excluding hydrogens is 362 g/mol. The molecule has 0 aliphatic carbocycles. The van der Waals surface area contributed by atoms with Crippen molar-refractivity contribution >= 4 is 0 Å². The van der Waals surface area contributed by atoms with Gasteiger partial charge in [0.1, 0.15) is 11.5 Å². The molecule has 9 nitrogen and oxygen atoms in total. The van der Waals surface area contributed by atoms with Gasteiger partial charge in [0, 0.05) is 17.3 Å². The molecule has 0 saturated carbocycles. The van der Waals surface area contributed by atoms with E-state index < -0.39 is 5.69 Å².